The van der Waals surface area contributed by atoms with Crippen LogP contribution in [0.15, 0.2) is 18.2 Å². The summed E-state index contributed by atoms with van der Waals surface area (Å²) in [5, 5.41) is -1.45. The third kappa shape index (κ3) is 5.59. The first-order chi connectivity index (χ1) is 12.5. The fraction of sp³-hybridized carbons (Fsp3) is 0.556. The van der Waals surface area contributed by atoms with E-state index in [-0.39, 0.29) is 23.2 Å². The van der Waals surface area contributed by atoms with Crippen molar-refractivity contribution in [3.63, 3.8) is 0 Å². The number of amides is 1. The Kier molecular flexibility index (Phi) is 8.57. The number of likely N-dealkylation sites (N-methyl/N-ethyl adjacent to an activating group) is 1. The molecule has 0 saturated carbocycles. The van der Waals surface area contributed by atoms with Gasteiger partial charge in [-0.25, -0.2) is 13.2 Å². The minimum atomic E-state index is -3.70. The predicted molar refractivity (Wildman–Crippen MR) is 107 cm³/mol. The average Bonchev–Trinajstić information content (AvgIpc) is 2.57. The van der Waals surface area contributed by atoms with E-state index in [2.05, 4.69) is 0 Å². The van der Waals surface area contributed by atoms with Gasteiger partial charge in [0.05, 0.1) is 11.9 Å². The van der Waals surface area contributed by atoms with Crippen LogP contribution in [0.5, 0.6) is 0 Å². The van der Waals surface area contributed by atoms with Crippen LogP contribution in [0.4, 0.5) is 0 Å². The van der Waals surface area contributed by atoms with E-state index in [1.807, 2.05) is 0 Å². The molecule has 0 N–H and O–H groups in total. The van der Waals surface area contributed by atoms with Gasteiger partial charge in [0.25, 0.3) is 0 Å². The van der Waals surface area contributed by atoms with Crippen LogP contribution in [0.1, 0.15) is 46.2 Å². The molecule has 0 radical (unpaired) electrons. The number of halogens is 2. The summed E-state index contributed by atoms with van der Waals surface area (Å²) in [5.41, 5.74) is 0.357. The first kappa shape index (κ1) is 23.7. The minimum Gasteiger partial charge on any atom is -0.464 e. The van der Waals surface area contributed by atoms with Crippen LogP contribution in [0.2, 0.25) is 10.0 Å². The van der Waals surface area contributed by atoms with Gasteiger partial charge in [0.1, 0.15) is 5.25 Å². The van der Waals surface area contributed by atoms with Crippen LogP contribution in [-0.2, 0) is 24.2 Å². The number of nitrogens with zero attached hydrogens (tertiary/aromatic N) is 1. The molecule has 0 saturated heterocycles. The summed E-state index contributed by atoms with van der Waals surface area (Å²) in [6, 6.07) is 3.36. The molecule has 0 aromatic heterocycles. The van der Waals surface area contributed by atoms with Gasteiger partial charge < -0.3 is 9.64 Å². The molecule has 0 fully saturated rings. The number of hydrogen-bond acceptors (Lipinski definition) is 5. The molecule has 152 valence electrons. The molecular weight excluding hydrogens is 413 g/mol. The van der Waals surface area contributed by atoms with Gasteiger partial charge in [0, 0.05) is 16.6 Å². The van der Waals surface area contributed by atoms with Crippen LogP contribution in [-0.4, -0.2) is 48.8 Å². The van der Waals surface area contributed by atoms with Crippen molar-refractivity contribution in [2.24, 2.45) is 0 Å². The zero-order chi connectivity index (χ0) is 20.9. The van der Waals surface area contributed by atoms with Crippen molar-refractivity contribution >= 4 is 44.9 Å². The molecule has 0 unspecified atom stereocenters. The highest BCUT2D eigenvalue weighted by Gasteiger charge is 2.39. The lowest BCUT2D eigenvalue weighted by atomic mass is 10.0. The van der Waals surface area contributed by atoms with Crippen molar-refractivity contribution < 1.29 is 22.7 Å². The Hall–Kier alpha value is -1.31. The van der Waals surface area contributed by atoms with Crippen molar-refractivity contribution in [2.75, 3.05) is 13.2 Å². The molecular formula is C18H25Cl2NO5S. The Balaban J connectivity index is 3.44. The van der Waals surface area contributed by atoms with Crippen LogP contribution >= 0.6 is 23.2 Å². The van der Waals surface area contributed by atoms with E-state index in [4.69, 9.17) is 27.9 Å². The van der Waals surface area contributed by atoms with E-state index in [0.717, 1.165) is 0 Å². The molecule has 6 nitrogen and oxygen atoms in total. The van der Waals surface area contributed by atoms with Gasteiger partial charge in [-0.2, -0.15) is 0 Å². The predicted octanol–water partition coefficient (Wildman–Crippen LogP) is 3.66. The summed E-state index contributed by atoms with van der Waals surface area (Å²) in [7, 11) is -3.70. The third-order valence-corrected chi connectivity index (χ3v) is 7.08. The fourth-order valence-electron chi connectivity index (χ4n) is 2.65. The Bertz CT molecular complexity index is 775. The number of sulfone groups is 1. The fourth-order valence-corrected chi connectivity index (χ4v) is 4.42. The van der Waals surface area contributed by atoms with Crippen molar-refractivity contribution in [2.45, 2.75) is 51.2 Å². The Labute approximate surface area is 170 Å². The van der Waals surface area contributed by atoms with Crippen LogP contribution in [0, 0.1) is 0 Å². The number of carbonyl (C=O) groups is 2. The minimum absolute atomic E-state index is 0.102. The highest BCUT2D eigenvalue weighted by atomic mass is 35.5. The van der Waals surface area contributed by atoms with Crippen LogP contribution in [0.25, 0.3) is 0 Å². The van der Waals surface area contributed by atoms with E-state index >= 15 is 0 Å². The van der Waals surface area contributed by atoms with Gasteiger partial charge in [0.2, 0.25) is 5.91 Å². The van der Waals surface area contributed by atoms with Gasteiger partial charge in [-0.05, 0) is 58.4 Å². The lowest BCUT2D eigenvalue weighted by Crippen LogP contribution is -2.47. The maximum absolute atomic E-state index is 13.0. The highest BCUT2D eigenvalue weighted by molar-refractivity contribution is 7.93. The van der Waals surface area contributed by atoms with E-state index in [0.29, 0.717) is 5.56 Å². The molecule has 9 heteroatoms. The molecule has 1 aromatic rings. The molecule has 0 aliphatic carbocycles. The second-order valence-corrected chi connectivity index (χ2v) is 9.96. The number of benzene rings is 1. The third-order valence-electron chi connectivity index (χ3n) is 4.14. The zero-order valence-electron chi connectivity index (χ0n) is 16.0. The standard InChI is InChI=1S/C18H25Cl2NO5S/c1-6-21(17(22)12(5)27(24,25)11(3)4)16(18(23)26-7-2)13-8-14(19)10-15(20)9-13/h8-12,16H,6-7H2,1-5H3/t12-,16+/m0/s1. The van der Waals surface area contributed by atoms with Crippen molar-refractivity contribution in [3.05, 3.63) is 33.8 Å². The van der Waals surface area contributed by atoms with Crippen LogP contribution in [0.3, 0.4) is 0 Å². The summed E-state index contributed by atoms with van der Waals surface area (Å²) in [4.78, 5) is 26.8. The molecule has 0 bridgehead atoms. The Morgan fingerprint density at radius 1 is 1.07 bits per heavy atom. The Morgan fingerprint density at radius 2 is 1.59 bits per heavy atom. The lowest BCUT2D eigenvalue weighted by molar-refractivity contribution is -0.155. The normalized spacial score (nSPS) is 13.9. The van der Waals surface area contributed by atoms with Gasteiger partial charge in [-0.15, -0.1) is 0 Å². The maximum atomic E-state index is 13.0. The molecule has 27 heavy (non-hydrogen) atoms. The summed E-state index contributed by atoms with van der Waals surface area (Å²) < 4.78 is 30.0. The first-order valence-electron chi connectivity index (χ1n) is 8.63. The molecule has 0 heterocycles. The van der Waals surface area contributed by atoms with E-state index < -0.39 is 38.3 Å². The number of carbonyl (C=O) groups excluding carboxylic acids is 2. The van der Waals surface area contributed by atoms with E-state index in [9.17, 15) is 18.0 Å². The molecule has 1 rings (SSSR count). The molecule has 1 aromatic carbocycles. The van der Waals surface area contributed by atoms with Crippen molar-refractivity contribution in [1.82, 2.24) is 4.90 Å². The molecule has 0 aliphatic heterocycles. The van der Waals surface area contributed by atoms with Crippen molar-refractivity contribution in [1.29, 1.82) is 0 Å². The van der Waals surface area contributed by atoms with Crippen molar-refractivity contribution in [3.8, 4) is 0 Å². The smallest absolute Gasteiger partial charge is 0.333 e. The summed E-state index contributed by atoms with van der Waals surface area (Å²) in [6.45, 7) is 7.85. The lowest BCUT2D eigenvalue weighted by Gasteiger charge is -2.32. The molecule has 0 spiro atoms. The quantitative estimate of drug-likeness (QED) is 0.579. The molecule has 2 atom stereocenters. The van der Waals surface area contributed by atoms with E-state index in [1.54, 1.807) is 13.8 Å². The Morgan fingerprint density at radius 3 is 2.00 bits per heavy atom. The summed E-state index contributed by atoms with van der Waals surface area (Å²) in [6.07, 6.45) is 0. The largest absolute Gasteiger partial charge is 0.464 e. The average molecular weight is 438 g/mol. The zero-order valence-corrected chi connectivity index (χ0v) is 18.4. The first-order valence-corrected chi connectivity index (χ1v) is 11.0. The molecule has 0 aliphatic rings. The number of ether oxygens (including phenoxy) is 1. The second-order valence-electron chi connectivity index (χ2n) is 6.26. The number of esters is 1. The van der Waals surface area contributed by atoms with Gasteiger partial charge in [-0.3, -0.25) is 4.79 Å². The topological polar surface area (TPSA) is 80.8 Å². The van der Waals surface area contributed by atoms with Crippen LogP contribution < -0.4 is 0 Å². The summed E-state index contributed by atoms with van der Waals surface area (Å²) >= 11 is 12.1. The number of hydrogen-bond donors (Lipinski definition) is 0. The number of rotatable bonds is 8. The van der Waals surface area contributed by atoms with E-state index in [1.165, 1.54) is 43.9 Å². The molecule has 1 amide bonds. The monoisotopic (exact) mass is 437 g/mol. The second kappa shape index (κ2) is 9.75. The van der Waals surface area contributed by atoms with Gasteiger partial charge in [0.15, 0.2) is 15.9 Å². The maximum Gasteiger partial charge on any atom is 0.333 e. The highest BCUT2D eigenvalue weighted by Crippen LogP contribution is 2.29. The summed E-state index contributed by atoms with van der Waals surface area (Å²) in [5.74, 6) is -1.36. The van der Waals surface area contributed by atoms with Gasteiger partial charge in [-0.1, -0.05) is 23.2 Å². The van der Waals surface area contributed by atoms with Gasteiger partial charge >= 0.3 is 5.97 Å². The SMILES string of the molecule is CCOC(=O)[C@@H](c1cc(Cl)cc(Cl)c1)N(CC)C(=O)[C@H](C)S(=O)(=O)C(C)C.